The van der Waals surface area contributed by atoms with Crippen LogP contribution in [0.25, 0.3) is 0 Å². The summed E-state index contributed by atoms with van der Waals surface area (Å²) in [6, 6.07) is 22.8. The van der Waals surface area contributed by atoms with Crippen LogP contribution in [0.4, 0.5) is 0 Å². The van der Waals surface area contributed by atoms with Gasteiger partial charge < -0.3 is 0 Å². The van der Waals surface area contributed by atoms with Crippen molar-refractivity contribution < 1.29 is 0 Å². The average Bonchev–Trinajstić information content (AvgIpc) is 2.57. The zero-order valence-corrected chi connectivity index (χ0v) is 15.6. The van der Waals surface area contributed by atoms with Gasteiger partial charge in [0.05, 0.1) is 0 Å². The number of rotatable bonds is 8. The predicted octanol–water partition coefficient (Wildman–Crippen LogP) is 4.85. The first-order valence-corrected chi connectivity index (χ1v) is 13.5. The van der Waals surface area contributed by atoms with Crippen molar-refractivity contribution in [3.05, 3.63) is 60.7 Å². The average molecular weight is 341 g/mol. The Morgan fingerprint density at radius 1 is 0.619 bits per heavy atom. The van der Waals surface area contributed by atoms with Gasteiger partial charge in [-0.25, -0.2) is 0 Å². The molecule has 2 aromatic rings. The molecular weight excluding hydrogens is 313 g/mol. The van der Waals surface area contributed by atoms with Crippen LogP contribution in [0, 0.1) is 0 Å². The molecule has 0 aliphatic rings. The molecule has 2 aromatic carbocycles. The molecule has 0 heterocycles. The summed E-state index contributed by atoms with van der Waals surface area (Å²) in [5, 5.41) is 2.87. The van der Waals surface area contributed by atoms with E-state index in [9.17, 15) is 0 Å². The molecular formula is C20H28Ge. The van der Waals surface area contributed by atoms with Crippen molar-refractivity contribution in [3.63, 3.8) is 0 Å². The molecule has 0 N–H and O–H groups in total. The van der Waals surface area contributed by atoms with Crippen molar-refractivity contribution in [2.75, 3.05) is 0 Å². The topological polar surface area (TPSA) is 0 Å². The molecule has 1 heteroatoms. The van der Waals surface area contributed by atoms with E-state index in [4.69, 9.17) is 0 Å². The van der Waals surface area contributed by atoms with Gasteiger partial charge in [0.2, 0.25) is 0 Å². The van der Waals surface area contributed by atoms with E-state index in [-0.39, 0.29) is 0 Å². The SMILES string of the molecule is CCC[CH2][Ge]([CH2]CCC)([c]1ccccc1)[c]1ccccc1. The minimum absolute atomic E-state index is 1.30. The van der Waals surface area contributed by atoms with Crippen molar-refractivity contribution in [2.45, 2.75) is 50.0 Å². The van der Waals surface area contributed by atoms with E-state index in [1.807, 2.05) is 0 Å². The van der Waals surface area contributed by atoms with Gasteiger partial charge in [0.15, 0.2) is 0 Å². The van der Waals surface area contributed by atoms with Crippen LogP contribution in [0.3, 0.4) is 0 Å². The normalized spacial score (nSPS) is 11.5. The molecule has 2 rings (SSSR count). The molecule has 0 nitrogen and oxygen atoms in total. The van der Waals surface area contributed by atoms with Crippen LogP contribution in [0.2, 0.25) is 10.5 Å². The van der Waals surface area contributed by atoms with E-state index in [1.165, 1.54) is 36.2 Å². The van der Waals surface area contributed by atoms with Gasteiger partial charge in [0.1, 0.15) is 0 Å². The van der Waals surface area contributed by atoms with Crippen molar-refractivity contribution in [2.24, 2.45) is 0 Å². The van der Waals surface area contributed by atoms with Crippen LogP contribution in [0.1, 0.15) is 39.5 Å². The second-order valence-corrected chi connectivity index (χ2v) is 15.1. The first-order chi connectivity index (χ1) is 10.3. The molecule has 0 amide bonds. The molecule has 0 atom stereocenters. The Bertz CT molecular complexity index is 454. The van der Waals surface area contributed by atoms with E-state index >= 15 is 0 Å². The molecule has 112 valence electrons. The summed E-state index contributed by atoms with van der Waals surface area (Å²) in [6.45, 7) is 4.64. The van der Waals surface area contributed by atoms with Crippen LogP contribution in [-0.4, -0.2) is 13.3 Å². The predicted molar refractivity (Wildman–Crippen MR) is 97.3 cm³/mol. The van der Waals surface area contributed by atoms with Crippen LogP contribution in [0.15, 0.2) is 60.7 Å². The van der Waals surface area contributed by atoms with Gasteiger partial charge in [-0.2, -0.15) is 0 Å². The zero-order valence-electron chi connectivity index (χ0n) is 13.5. The third kappa shape index (κ3) is 4.00. The fourth-order valence-electron chi connectivity index (χ4n) is 3.34. The van der Waals surface area contributed by atoms with E-state index in [0.717, 1.165) is 0 Å². The quantitative estimate of drug-likeness (QED) is 0.602. The minimum atomic E-state index is -2.21. The molecule has 0 spiro atoms. The molecule has 21 heavy (non-hydrogen) atoms. The third-order valence-corrected chi connectivity index (χ3v) is 15.7. The summed E-state index contributed by atoms with van der Waals surface area (Å²) in [7, 11) is 0. The van der Waals surface area contributed by atoms with Gasteiger partial charge in [-0.05, 0) is 0 Å². The van der Waals surface area contributed by atoms with Crippen LogP contribution >= 0.6 is 0 Å². The summed E-state index contributed by atoms with van der Waals surface area (Å²) in [5.74, 6) is 0. The van der Waals surface area contributed by atoms with Crippen LogP contribution in [-0.2, 0) is 0 Å². The van der Waals surface area contributed by atoms with Gasteiger partial charge in [-0.3, -0.25) is 0 Å². The van der Waals surface area contributed by atoms with Gasteiger partial charge >= 0.3 is 133 Å². The number of hydrogen-bond acceptors (Lipinski definition) is 0. The molecule has 0 fully saturated rings. The Hall–Kier alpha value is -1.02. The van der Waals surface area contributed by atoms with E-state index in [2.05, 4.69) is 74.5 Å². The van der Waals surface area contributed by atoms with Crippen molar-refractivity contribution in [3.8, 4) is 0 Å². The van der Waals surface area contributed by atoms with Crippen LogP contribution in [0.5, 0.6) is 0 Å². The van der Waals surface area contributed by atoms with Crippen LogP contribution < -0.4 is 8.79 Å². The van der Waals surface area contributed by atoms with Gasteiger partial charge in [-0.15, -0.1) is 0 Å². The second kappa shape index (κ2) is 8.43. The third-order valence-electron chi connectivity index (χ3n) is 4.57. The van der Waals surface area contributed by atoms with E-state index < -0.39 is 13.3 Å². The summed E-state index contributed by atoms with van der Waals surface area (Å²) in [6.07, 6.45) is 5.35. The summed E-state index contributed by atoms with van der Waals surface area (Å²) in [4.78, 5) is 0. The summed E-state index contributed by atoms with van der Waals surface area (Å²) >= 11 is -2.21. The molecule has 0 aromatic heterocycles. The molecule has 0 radical (unpaired) electrons. The molecule has 0 unspecified atom stereocenters. The van der Waals surface area contributed by atoms with Gasteiger partial charge in [0.25, 0.3) is 0 Å². The number of unbranched alkanes of at least 4 members (excludes halogenated alkanes) is 2. The van der Waals surface area contributed by atoms with E-state index in [1.54, 1.807) is 8.79 Å². The molecule has 0 saturated carbocycles. The first kappa shape index (κ1) is 16.4. The summed E-state index contributed by atoms with van der Waals surface area (Å²) < 4.78 is 3.34. The maximum absolute atomic E-state index is 2.40. The molecule has 0 aliphatic heterocycles. The Morgan fingerprint density at radius 2 is 1.00 bits per heavy atom. The molecule has 0 aliphatic carbocycles. The Morgan fingerprint density at radius 3 is 1.33 bits per heavy atom. The van der Waals surface area contributed by atoms with Gasteiger partial charge in [-0.1, -0.05) is 0 Å². The van der Waals surface area contributed by atoms with Crippen molar-refractivity contribution >= 4 is 22.1 Å². The summed E-state index contributed by atoms with van der Waals surface area (Å²) in [5.41, 5.74) is 0. The van der Waals surface area contributed by atoms with E-state index in [0.29, 0.717) is 0 Å². The zero-order chi connectivity index (χ0) is 15.0. The Balaban J connectivity index is 2.48. The maximum atomic E-state index is 2.40. The first-order valence-electron chi connectivity index (χ1n) is 8.44. The fraction of sp³-hybridized carbons (Fsp3) is 0.400. The van der Waals surface area contributed by atoms with Gasteiger partial charge in [0, 0.05) is 0 Å². The second-order valence-electron chi connectivity index (χ2n) is 6.02. The van der Waals surface area contributed by atoms with Crippen molar-refractivity contribution in [1.82, 2.24) is 0 Å². The van der Waals surface area contributed by atoms with Crippen molar-refractivity contribution in [1.29, 1.82) is 0 Å². The molecule has 0 bridgehead atoms. The molecule has 0 saturated heterocycles. The number of benzene rings is 2. The fourth-order valence-corrected chi connectivity index (χ4v) is 14.5. The monoisotopic (exact) mass is 342 g/mol. The Kier molecular flexibility index (Phi) is 6.57. The number of hydrogen-bond donors (Lipinski definition) is 0. The standard InChI is InChI=1S/C20H28Ge/c1-3-5-17-21(18-6-4-2,19-13-9-7-10-14-19)20-15-11-8-12-16-20/h7-16H,3-6,17-18H2,1-2H3. The Labute approximate surface area is 133 Å².